The second kappa shape index (κ2) is 8.67. The molecule has 0 saturated heterocycles. The fourth-order valence-electron chi connectivity index (χ4n) is 2.99. The van der Waals surface area contributed by atoms with Gasteiger partial charge in [0.05, 0.1) is 9.73 Å². The van der Waals surface area contributed by atoms with Crippen LogP contribution in [-0.2, 0) is 9.73 Å². The zero-order valence-corrected chi connectivity index (χ0v) is 18.0. The maximum absolute atomic E-state index is 14.6. The number of nitrogens with zero attached hydrogens (tertiary/aromatic N) is 1. The number of rotatable bonds is 5. The van der Waals surface area contributed by atoms with Crippen LogP contribution in [0.3, 0.4) is 0 Å². The van der Waals surface area contributed by atoms with Crippen LogP contribution in [0.4, 0.5) is 10.1 Å². The van der Waals surface area contributed by atoms with Gasteiger partial charge in [-0.2, -0.15) is 0 Å². The molecule has 1 atom stereocenters. The molecule has 1 N–H and O–H groups in total. The molecule has 156 valence electrons. The van der Waals surface area contributed by atoms with Crippen molar-refractivity contribution < 1.29 is 18.1 Å². The van der Waals surface area contributed by atoms with Crippen molar-refractivity contribution in [3.63, 3.8) is 0 Å². The molecule has 0 saturated carbocycles. The maximum Gasteiger partial charge on any atom is 0.255 e. The summed E-state index contributed by atoms with van der Waals surface area (Å²) >= 11 is 0. The predicted octanol–water partition coefficient (Wildman–Crippen LogP) is 5.57. The number of nitrogens with one attached hydrogen (secondary N) is 1. The molecule has 1 amide bonds. The van der Waals surface area contributed by atoms with Crippen LogP contribution in [0.1, 0.15) is 21.5 Å². The summed E-state index contributed by atoms with van der Waals surface area (Å²) < 4.78 is 36.8. The highest BCUT2D eigenvalue weighted by molar-refractivity contribution is 7.93. The Hall–Kier alpha value is -3.19. The number of anilines is 1. The summed E-state index contributed by atoms with van der Waals surface area (Å²) in [5, 5.41) is 2.58. The Morgan fingerprint density at radius 1 is 1.03 bits per heavy atom. The molecule has 3 aromatic carbocycles. The molecule has 0 fully saturated rings. The first-order valence-corrected chi connectivity index (χ1v) is 11.2. The Labute approximate surface area is 176 Å². The Bertz CT molecular complexity index is 1210. The molecule has 0 heterocycles. The Kier molecular flexibility index (Phi) is 6.22. The summed E-state index contributed by atoms with van der Waals surface area (Å²) in [5.74, 6) is -0.430. The molecule has 30 heavy (non-hydrogen) atoms. The van der Waals surface area contributed by atoms with E-state index in [0.717, 1.165) is 11.1 Å². The highest BCUT2D eigenvalue weighted by Gasteiger charge is 2.16. The Balaban J connectivity index is 1.93. The zero-order valence-electron chi connectivity index (χ0n) is 17.2. The summed E-state index contributed by atoms with van der Waals surface area (Å²) in [5.41, 5.74) is 2.19. The third kappa shape index (κ3) is 4.86. The molecule has 1 unspecified atom stereocenters. The van der Waals surface area contributed by atoms with Crippen LogP contribution in [0.15, 0.2) is 69.9 Å². The Morgan fingerprint density at radius 3 is 2.37 bits per heavy atom. The molecular weight excluding hydrogens is 403 g/mol. The maximum atomic E-state index is 14.6. The molecule has 7 heteroatoms. The Morgan fingerprint density at radius 2 is 1.70 bits per heavy atom. The summed E-state index contributed by atoms with van der Waals surface area (Å²) in [7, 11) is -1.13. The van der Waals surface area contributed by atoms with E-state index in [0.29, 0.717) is 10.6 Å². The molecule has 0 aliphatic heterocycles. The van der Waals surface area contributed by atoms with Crippen LogP contribution >= 0.6 is 0 Å². The summed E-state index contributed by atoms with van der Waals surface area (Å²) in [6.45, 7) is 3.88. The third-order valence-electron chi connectivity index (χ3n) is 4.52. The van der Waals surface area contributed by atoms with E-state index < -0.39 is 21.5 Å². The second-order valence-electron chi connectivity index (χ2n) is 7.01. The van der Waals surface area contributed by atoms with Gasteiger partial charge in [0.15, 0.2) is 11.6 Å². The first-order chi connectivity index (χ1) is 14.2. The van der Waals surface area contributed by atoms with Crippen molar-refractivity contribution >= 4 is 21.3 Å². The monoisotopic (exact) mass is 426 g/mol. The van der Waals surface area contributed by atoms with Gasteiger partial charge in [-0.05, 0) is 67.4 Å². The number of carbonyl (C=O) groups is 1. The van der Waals surface area contributed by atoms with Crippen LogP contribution < -0.4 is 10.1 Å². The standard InChI is InChI=1S/C23H23FN2O3S/c1-15-11-16(2)13-18(12-15)29-21-10-6-9-20(24)22(21)26-23(27)17-7-5-8-19(14-17)30(4,28)25-3/h5-14H,1-4H3,(H,26,27). The van der Waals surface area contributed by atoms with Crippen molar-refractivity contribution in [1.82, 2.24) is 0 Å². The van der Waals surface area contributed by atoms with E-state index >= 15 is 0 Å². The van der Waals surface area contributed by atoms with E-state index in [1.54, 1.807) is 24.3 Å². The van der Waals surface area contributed by atoms with E-state index in [9.17, 15) is 13.4 Å². The van der Waals surface area contributed by atoms with Gasteiger partial charge < -0.3 is 10.1 Å². The fraction of sp³-hybridized carbons (Fsp3) is 0.174. The van der Waals surface area contributed by atoms with E-state index in [4.69, 9.17) is 4.74 Å². The first kappa shape index (κ1) is 21.5. The predicted molar refractivity (Wildman–Crippen MR) is 117 cm³/mol. The lowest BCUT2D eigenvalue weighted by Gasteiger charge is -2.14. The zero-order chi connectivity index (χ0) is 21.9. The minimum Gasteiger partial charge on any atom is -0.455 e. The van der Waals surface area contributed by atoms with Gasteiger partial charge in [-0.25, -0.2) is 13.0 Å². The molecule has 0 bridgehead atoms. The lowest BCUT2D eigenvalue weighted by atomic mass is 10.1. The van der Waals surface area contributed by atoms with Crippen LogP contribution in [0.25, 0.3) is 0 Å². The minimum atomic E-state index is -2.60. The number of aryl methyl sites for hydroxylation is 2. The van der Waals surface area contributed by atoms with Gasteiger partial charge in [0, 0.05) is 23.8 Å². The number of hydrogen-bond acceptors (Lipinski definition) is 4. The topological polar surface area (TPSA) is 67.8 Å². The van der Waals surface area contributed by atoms with Gasteiger partial charge in [-0.15, -0.1) is 0 Å². The van der Waals surface area contributed by atoms with Crippen molar-refractivity contribution in [3.05, 3.63) is 83.2 Å². The number of ether oxygens (including phenoxy) is 1. The first-order valence-electron chi connectivity index (χ1n) is 9.26. The van der Waals surface area contributed by atoms with Crippen molar-refractivity contribution in [2.24, 2.45) is 4.36 Å². The van der Waals surface area contributed by atoms with Gasteiger partial charge in [-0.1, -0.05) is 18.2 Å². The van der Waals surface area contributed by atoms with E-state index in [2.05, 4.69) is 9.68 Å². The molecule has 0 aliphatic carbocycles. The van der Waals surface area contributed by atoms with Gasteiger partial charge in [0.25, 0.3) is 5.91 Å². The lowest BCUT2D eigenvalue weighted by Crippen LogP contribution is -2.14. The van der Waals surface area contributed by atoms with Crippen LogP contribution in [0.5, 0.6) is 11.5 Å². The van der Waals surface area contributed by atoms with E-state index in [-0.39, 0.29) is 17.0 Å². The van der Waals surface area contributed by atoms with Crippen molar-refractivity contribution in [2.45, 2.75) is 18.7 Å². The number of halogens is 1. The highest BCUT2D eigenvalue weighted by Crippen LogP contribution is 2.33. The van der Waals surface area contributed by atoms with Crippen LogP contribution in [0.2, 0.25) is 0 Å². The number of amides is 1. The van der Waals surface area contributed by atoms with Crippen molar-refractivity contribution in [2.75, 3.05) is 18.6 Å². The molecule has 0 aromatic heterocycles. The average molecular weight is 427 g/mol. The molecule has 3 aromatic rings. The highest BCUT2D eigenvalue weighted by atomic mass is 32.2. The number of para-hydroxylation sites is 1. The lowest BCUT2D eigenvalue weighted by molar-refractivity contribution is 0.102. The van der Waals surface area contributed by atoms with Gasteiger partial charge in [-0.3, -0.25) is 4.79 Å². The largest absolute Gasteiger partial charge is 0.455 e. The normalized spacial score (nSPS) is 12.7. The summed E-state index contributed by atoms with van der Waals surface area (Å²) in [4.78, 5) is 13.2. The molecule has 0 radical (unpaired) electrons. The number of carbonyl (C=O) groups excluding carboxylic acids is 1. The number of benzene rings is 3. The third-order valence-corrected chi connectivity index (χ3v) is 6.34. The van der Waals surface area contributed by atoms with Crippen LogP contribution in [-0.4, -0.2) is 23.4 Å². The van der Waals surface area contributed by atoms with Gasteiger partial charge in [0.2, 0.25) is 0 Å². The summed E-state index contributed by atoms with van der Waals surface area (Å²) in [6, 6.07) is 16.3. The smallest absolute Gasteiger partial charge is 0.255 e. The van der Waals surface area contributed by atoms with E-state index in [1.807, 2.05) is 32.0 Å². The molecular formula is C23H23FN2O3S. The average Bonchev–Trinajstić information content (AvgIpc) is 2.70. The van der Waals surface area contributed by atoms with Gasteiger partial charge in [0.1, 0.15) is 11.4 Å². The van der Waals surface area contributed by atoms with Crippen LogP contribution in [0, 0.1) is 19.7 Å². The molecule has 3 rings (SSSR count). The molecule has 5 nitrogen and oxygen atoms in total. The SMILES string of the molecule is CN=S(C)(=O)c1cccc(C(=O)Nc2c(F)cccc2Oc2cc(C)cc(C)c2)c1. The van der Waals surface area contributed by atoms with Crippen molar-refractivity contribution in [1.29, 1.82) is 0 Å². The second-order valence-corrected chi connectivity index (χ2v) is 9.45. The quantitative estimate of drug-likeness (QED) is 0.580. The van der Waals surface area contributed by atoms with Gasteiger partial charge >= 0.3 is 0 Å². The minimum absolute atomic E-state index is 0.0653. The molecule has 0 spiro atoms. The number of hydrogen-bond donors (Lipinski definition) is 1. The molecule has 0 aliphatic rings. The fourth-order valence-corrected chi connectivity index (χ4v) is 3.88. The summed E-state index contributed by atoms with van der Waals surface area (Å²) in [6.07, 6.45) is 1.50. The van der Waals surface area contributed by atoms with Crippen molar-refractivity contribution in [3.8, 4) is 11.5 Å². The van der Waals surface area contributed by atoms with E-state index in [1.165, 1.54) is 31.5 Å².